The highest BCUT2D eigenvalue weighted by molar-refractivity contribution is 7.15. The predicted molar refractivity (Wildman–Crippen MR) is 121 cm³/mol. The maximum atomic E-state index is 12.2. The lowest BCUT2D eigenvalue weighted by Crippen LogP contribution is -2.09. The summed E-state index contributed by atoms with van der Waals surface area (Å²) in [5, 5.41) is 11.8. The van der Waals surface area contributed by atoms with Crippen molar-refractivity contribution in [3.63, 3.8) is 0 Å². The van der Waals surface area contributed by atoms with Gasteiger partial charge in [-0.2, -0.15) is 4.98 Å². The second-order valence-corrected chi connectivity index (χ2v) is 7.44. The van der Waals surface area contributed by atoms with Crippen molar-refractivity contribution in [1.82, 2.24) is 14.6 Å². The number of rotatable bonds is 6. The molecule has 2 aromatic carbocycles. The fourth-order valence-electron chi connectivity index (χ4n) is 2.90. The molecule has 0 saturated carbocycles. The van der Waals surface area contributed by atoms with Gasteiger partial charge in [0.05, 0.1) is 12.8 Å². The molecular weight excluding hydrogens is 414 g/mol. The van der Waals surface area contributed by atoms with Crippen molar-refractivity contribution < 1.29 is 14.3 Å². The molecule has 156 valence electrons. The van der Waals surface area contributed by atoms with Gasteiger partial charge in [0.25, 0.3) is 11.9 Å². The number of hydrogen-bond acceptors (Lipinski definition) is 6. The topological polar surface area (TPSA) is 97.6 Å². The minimum absolute atomic E-state index is 0.122. The summed E-state index contributed by atoms with van der Waals surface area (Å²) in [7, 11) is 1.60. The molecule has 2 N–H and O–H groups in total. The molecule has 0 bridgehead atoms. The number of nitrogens with one attached hydrogen (secondary N) is 2. The zero-order chi connectivity index (χ0) is 21.8. The van der Waals surface area contributed by atoms with Crippen molar-refractivity contribution in [1.29, 1.82) is 0 Å². The molecule has 2 amide bonds. The Morgan fingerprint density at radius 2 is 1.81 bits per heavy atom. The van der Waals surface area contributed by atoms with Crippen molar-refractivity contribution in [2.45, 2.75) is 6.92 Å². The van der Waals surface area contributed by atoms with Crippen LogP contribution < -0.4 is 15.4 Å². The zero-order valence-corrected chi connectivity index (χ0v) is 17.6. The molecule has 4 aromatic rings. The van der Waals surface area contributed by atoms with Crippen molar-refractivity contribution >= 4 is 45.8 Å². The highest BCUT2D eigenvalue weighted by atomic mass is 32.1. The lowest BCUT2D eigenvalue weighted by Gasteiger charge is -2.03. The van der Waals surface area contributed by atoms with Crippen LogP contribution in [0.15, 0.2) is 60.0 Å². The summed E-state index contributed by atoms with van der Waals surface area (Å²) in [5.74, 6) is 0.537. The Balaban J connectivity index is 1.47. The molecule has 31 heavy (non-hydrogen) atoms. The number of anilines is 2. The SMILES string of the molecule is COc1ccc(/C=C/C(=O)Nc2nc3scc(-c4ccc(NC(C)=O)cc4)n3n2)cc1. The Bertz CT molecular complexity index is 1260. The Hall–Kier alpha value is -3.98. The van der Waals surface area contributed by atoms with Gasteiger partial charge in [-0.1, -0.05) is 24.3 Å². The van der Waals surface area contributed by atoms with Crippen molar-refractivity contribution in [2.24, 2.45) is 0 Å². The van der Waals surface area contributed by atoms with Gasteiger partial charge >= 0.3 is 0 Å². The van der Waals surface area contributed by atoms with E-state index in [-0.39, 0.29) is 17.8 Å². The average Bonchev–Trinajstić information content (AvgIpc) is 3.33. The fourth-order valence-corrected chi connectivity index (χ4v) is 3.73. The molecule has 0 aliphatic heterocycles. The van der Waals surface area contributed by atoms with Crippen LogP contribution in [0.1, 0.15) is 12.5 Å². The molecule has 2 heterocycles. The van der Waals surface area contributed by atoms with Gasteiger partial charge in [-0.15, -0.1) is 16.4 Å². The van der Waals surface area contributed by atoms with Crippen LogP contribution in [0, 0.1) is 0 Å². The molecule has 0 saturated heterocycles. The molecule has 0 aliphatic rings. The molecule has 0 radical (unpaired) electrons. The normalized spacial score (nSPS) is 11.0. The predicted octanol–water partition coefficient (Wildman–Crippen LogP) is 4.08. The van der Waals surface area contributed by atoms with Gasteiger partial charge in [0.2, 0.25) is 10.9 Å². The molecule has 8 nitrogen and oxygen atoms in total. The number of aromatic nitrogens is 3. The summed E-state index contributed by atoms with van der Waals surface area (Å²) in [6.45, 7) is 1.47. The monoisotopic (exact) mass is 433 g/mol. The van der Waals surface area contributed by atoms with E-state index in [2.05, 4.69) is 20.7 Å². The summed E-state index contributed by atoms with van der Waals surface area (Å²) in [6, 6.07) is 14.8. The lowest BCUT2D eigenvalue weighted by atomic mass is 10.1. The van der Waals surface area contributed by atoms with Crippen LogP contribution >= 0.6 is 11.3 Å². The first-order chi connectivity index (χ1) is 15.0. The van der Waals surface area contributed by atoms with E-state index in [9.17, 15) is 9.59 Å². The highest BCUT2D eigenvalue weighted by Gasteiger charge is 2.12. The van der Waals surface area contributed by atoms with E-state index in [1.807, 2.05) is 53.9 Å². The van der Waals surface area contributed by atoms with Crippen LogP contribution in [0.3, 0.4) is 0 Å². The van der Waals surface area contributed by atoms with E-state index in [1.54, 1.807) is 17.7 Å². The smallest absolute Gasteiger partial charge is 0.250 e. The van der Waals surface area contributed by atoms with E-state index in [4.69, 9.17) is 4.74 Å². The quantitative estimate of drug-likeness (QED) is 0.447. The van der Waals surface area contributed by atoms with Crippen LogP contribution in [0.2, 0.25) is 0 Å². The third-order valence-electron chi connectivity index (χ3n) is 4.36. The molecule has 0 spiro atoms. The largest absolute Gasteiger partial charge is 0.497 e. The number of nitrogens with zero attached hydrogens (tertiary/aromatic N) is 3. The zero-order valence-electron chi connectivity index (χ0n) is 16.8. The molecule has 0 atom stereocenters. The maximum absolute atomic E-state index is 12.2. The van der Waals surface area contributed by atoms with Crippen molar-refractivity contribution in [2.75, 3.05) is 17.7 Å². The summed E-state index contributed by atoms with van der Waals surface area (Å²) < 4.78 is 6.80. The van der Waals surface area contributed by atoms with Crippen LogP contribution in [-0.4, -0.2) is 33.5 Å². The minimum Gasteiger partial charge on any atom is -0.497 e. The summed E-state index contributed by atoms with van der Waals surface area (Å²) >= 11 is 1.42. The maximum Gasteiger partial charge on any atom is 0.250 e. The number of amides is 2. The summed E-state index contributed by atoms with van der Waals surface area (Å²) in [4.78, 5) is 28.4. The Labute approximate surface area is 182 Å². The molecule has 9 heteroatoms. The number of thiazole rings is 1. The van der Waals surface area contributed by atoms with Gasteiger partial charge in [0.1, 0.15) is 5.75 Å². The van der Waals surface area contributed by atoms with Gasteiger partial charge < -0.3 is 10.1 Å². The number of hydrogen-bond donors (Lipinski definition) is 2. The average molecular weight is 433 g/mol. The summed E-state index contributed by atoms with van der Waals surface area (Å²) in [5.41, 5.74) is 3.36. The first kappa shape index (κ1) is 20.3. The number of methoxy groups -OCH3 is 1. The number of benzene rings is 2. The molecule has 4 rings (SSSR count). The minimum atomic E-state index is -0.324. The van der Waals surface area contributed by atoms with Crippen LogP contribution in [0.5, 0.6) is 5.75 Å². The Morgan fingerprint density at radius 1 is 1.06 bits per heavy atom. The van der Waals surface area contributed by atoms with Gasteiger partial charge in [0, 0.05) is 29.6 Å². The van der Waals surface area contributed by atoms with E-state index < -0.39 is 0 Å². The third-order valence-corrected chi connectivity index (χ3v) is 5.18. The molecule has 0 unspecified atom stereocenters. The van der Waals surface area contributed by atoms with Gasteiger partial charge in [-0.05, 0) is 35.9 Å². The van der Waals surface area contributed by atoms with Crippen LogP contribution in [0.4, 0.5) is 11.6 Å². The van der Waals surface area contributed by atoms with Gasteiger partial charge in [-0.3, -0.25) is 14.9 Å². The first-order valence-electron chi connectivity index (χ1n) is 9.37. The standard InChI is InChI=1S/C22H19N5O3S/c1-14(28)23-17-8-6-16(7-9-17)19-13-31-22-25-21(26-27(19)22)24-20(29)12-5-15-3-10-18(30-2)11-4-15/h3-13H,1-2H3,(H,23,28)(H,24,26,29)/b12-5+. The number of ether oxygens (including phenoxy) is 1. The van der Waals surface area contributed by atoms with E-state index in [0.29, 0.717) is 4.96 Å². The van der Waals surface area contributed by atoms with Crippen molar-refractivity contribution in [3.05, 3.63) is 65.6 Å². The molecule has 2 aromatic heterocycles. The first-order valence-corrected chi connectivity index (χ1v) is 10.3. The van der Waals surface area contributed by atoms with Gasteiger partial charge in [0.15, 0.2) is 0 Å². The highest BCUT2D eigenvalue weighted by Crippen LogP contribution is 2.27. The molecule has 0 aliphatic carbocycles. The third kappa shape index (κ3) is 4.78. The van der Waals surface area contributed by atoms with E-state index in [1.165, 1.54) is 24.3 Å². The van der Waals surface area contributed by atoms with E-state index in [0.717, 1.165) is 28.3 Å². The van der Waals surface area contributed by atoms with E-state index >= 15 is 0 Å². The number of carbonyl (C=O) groups excluding carboxylic acids is 2. The summed E-state index contributed by atoms with van der Waals surface area (Å²) in [6.07, 6.45) is 3.13. The molecule has 0 fully saturated rings. The van der Waals surface area contributed by atoms with Gasteiger partial charge in [-0.25, -0.2) is 4.52 Å². The van der Waals surface area contributed by atoms with Crippen LogP contribution in [0.25, 0.3) is 22.3 Å². The number of fused-ring (bicyclic) bond motifs is 1. The van der Waals surface area contributed by atoms with Crippen molar-refractivity contribution in [3.8, 4) is 17.0 Å². The second-order valence-electron chi connectivity index (χ2n) is 6.61. The second kappa shape index (κ2) is 8.80. The number of carbonyl (C=O) groups is 2. The Morgan fingerprint density at radius 3 is 2.48 bits per heavy atom. The fraction of sp³-hybridized carbons (Fsp3) is 0.0909. The van der Waals surface area contributed by atoms with Crippen LogP contribution in [-0.2, 0) is 9.59 Å². The molecular formula is C22H19N5O3S. The lowest BCUT2D eigenvalue weighted by molar-refractivity contribution is -0.114. The Kier molecular flexibility index (Phi) is 5.76.